The summed E-state index contributed by atoms with van der Waals surface area (Å²) in [4.78, 5) is 19.6. The molecule has 2 amide bonds. The van der Waals surface area contributed by atoms with Crippen molar-refractivity contribution in [3.63, 3.8) is 0 Å². The number of likely N-dealkylation sites (tertiary alicyclic amines) is 2. The van der Waals surface area contributed by atoms with E-state index in [1.165, 1.54) is 24.4 Å². The van der Waals surface area contributed by atoms with Crippen molar-refractivity contribution in [1.82, 2.24) is 14.7 Å². The fourth-order valence-corrected chi connectivity index (χ4v) is 6.68. The third kappa shape index (κ3) is 6.69. The van der Waals surface area contributed by atoms with Crippen molar-refractivity contribution in [2.45, 2.75) is 51.2 Å². The highest BCUT2D eigenvalue weighted by Crippen LogP contribution is 2.44. The smallest absolute Gasteiger partial charge is 0.321 e. The van der Waals surface area contributed by atoms with E-state index in [0.717, 1.165) is 37.2 Å². The lowest BCUT2D eigenvalue weighted by molar-refractivity contribution is -0.143. The predicted octanol–water partition coefficient (Wildman–Crippen LogP) is 8.34. The molecule has 4 atom stereocenters. The van der Waals surface area contributed by atoms with Gasteiger partial charge < -0.3 is 9.80 Å². The minimum absolute atomic E-state index is 0.107. The molecule has 2 aliphatic rings. The summed E-state index contributed by atoms with van der Waals surface area (Å²) in [7, 11) is 1.45. The van der Waals surface area contributed by atoms with Gasteiger partial charge in [0.15, 0.2) is 0 Å². The van der Waals surface area contributed by atoms with Gasteiger partial charge in [-0.05, 0) is 72.6 Å². The molecule has 0 aromatic heterocycles. The van der Waals surface area contributed by atoms with Gasteiger partial charge >= 0.3 is 18.4 Å². The molecule has 0 N–H and O–H groups in total. The minimum Gasteiger partial charge on any atom is -0.321 e. The summed E-state index contributed by atoms with van der Waals surface area (Å²) in [5, 5.41) is 0. The number of aryl methyl sites for hydroxylation is 1. The quantitative estimate of drug-likeness (QED) is 0.274. The second-order valence-electron chi connectivity index (χ2n) is 11.9. The summed E-state index contributed by atoms with van der Waals surface area (Å²) in [5.41, 5.74) is 0.211. The van der Waals surface area contributed by atoms with E-state index >= 15 is 0 Å². The van der Waals surface area contributed by atoms with Crippen LogP contribution in [0.4, 0.5) is 31.1 Å². The number of urea groups is 1. The Balaban J connectivity index is 1.45. The van der Waals surface area contributed by atoms with Gasteiger partial charge in [0, 0.05) is 33.2 Å². The van der Waals surface area contributed by atoms with Crippen molar-refractivity contribution < 1.29 is 31.1 Å². The van der Waals surface area contributed by atoms with E-state index in [1.807, 2.05) is 49.4 Å². The first-order chi connectivity index (χ1) is 20.2. The van der Waals surface area contributed by atoms with Crippen LogP contribution in [0.15, 0.2) is 72.8 Å². The Labute approximate surface area is 247 Å². The number of hydrogen-bond acceptors (Lipinski definition) is 2. The van der Waals surface area contributed by atoms with Gasteiger partial charge in [0.1, 0.15) is 0 Å². The molecule has 43 heavy (non-hydrogen) atoms. The Bertz CT molecular complexity index is 1410. The van der Waals surface area contributed by atoms with Crippen LogP contribution in [-0.2, 0) is 18.9 Å². The van der Waals surface area contributed by atoms with E-state index in [2.05, 4.69) is 17.0 Å². The highest BCUT2D eigenvalue weighted by Gasteiger charge is 2.45. The number of fused-ring (bicyclic) bond motifs is 2. The Kier molecular flexibility index (Phi) is 8.53. The number of benzene rings is 3. The van der Waals surface area contributed by atoms with Crippen molar-refractivity contribution in [1.29, 1.82) is 0 Å². The third-order valence-electron chi connectivity index (χ3n) is 8.86. The number of alkyl halides is 6. The average molecular weight is 604 g/mol. The van der Waals surface area contributed by atoms with Crippen LogP contribution in [0.2, 0.25) is 0 Å². The number of amides is 2. The van der Waals surface area contributed by atoms with E-state index in [0.29, 0.717) is 18.7 Å². The standard InChI is InChI=1S/C33H35F6N3O/c1-21-9-7-8-12-29(21)30-26-13-24(18-41(20-26)17-23-10-5-4-6-11-23)19-42(30)31(43)40(3)22(2)25-14-27(32(34,35)36)16-28(15-25)33(37,38)39/h4-12,14-16,22,24,26,30H,13,17-20H2,1-3H3. The molecule has 5 rings (SSSR count). The topological polar surface area (TPSA) is 26.8 Å². The van der Waals surface area contributed by atoms with Gasteiger partial charge in [-0.15, -0.1) is 0 Å². The summed E-state index contributed by atoms with van der Waals surface area (Å²) in [5.74, 6) is 0.288. The van der Waals surface area contributed by atoms with Crippen molar-refractivity contribution in [2.75, 3.05) is 26.7 Å². The first kappa shape index (κ1) is 30.9. The lowest BCUT2D eigenvalue weighted by atomic mass is 9.76. The third-order valence-corrected chi connectivity index (χ3v) is 8.86. The Morgan fingerprint density at radius 2 is 1.49 bits per heavy atom. The summed E-state index contributed by atoms with van der Waals surface area (Å²) in [6.45, 7) is 6.22. The van der Waals surface area contributed by atoms with Gasteiger partial charge in [0.2, 0.25) is 0 Å². The normalized spacial score (nSPS) is 21.9. The molecular formula is C33H35F6N3O. The van der Waals surface area contributed by atoms with E-state index in [4.69, 9.17) is 0 Å². The van der Waals surface area contributed by atoms with Crippen LogP contribution in [0, 0.1) is 18.8 Å². The second-order valence-corrected chi connectivity index (χ2v) is 11.9. The summed E-state index contributed by atoms with van der Waals surface area (Å²) in [6.07, 6.45) is -9.01. The first-order valence-corrected chi connectivity index (χ1v) is 14.4. The SMILES string of the molecule is Cc1ccccc1C1C2CC(CN(Cc3ccccc3)C2)CN1C(=O)N(C)C(C)c1cc(C(F)(F)F)cc(C(F)(F)F)c1. The highest BCUT2D eigenvalue weighted by atomic mass is 19.4. The van der Waals surface area contributed by atoms with Crippen molar-refractivity contribution >= 4 is 6.03 Å². The number of carbonyl (C=O) groups is 1. The van der Waals surface area contributed by atoms with Gasteiger partial charge in [-0.1, -0.05) is 54.6 Å². The van der Waals surface area contributed by atoms with E-state index < -0.39 is 35.6 Å². The average Bonchev–Trinajstić information content (AvgIpc) is 2.95. The second kappa shape index (κ2) is 11.9. The molecule has 3 aromatic carbocycles. The number of nitrogens with zero attached hydrogens (tertiary/aromatic N) is 3. The van der Waals surface area contributed by atoms with Gasteiger partial charge in [-0.3, -0.25) is 4.90 Å². The van der Waals surface area contributed by atoms with Crippen LogP contribution in [-0.4, -0.2) is 47.4 Å². The van der Waals surface area contributed by atoms with Crippen LogP contribution in [0.25, 0.3) is 0 Å². The number of hydrogen-bond donors (Lipinski definition) is 0. The number of carbonyl (C=O) groups excluding carboxylic acids is 1. The molecule has 0 saturated carbocycles. The van der Waals surface area contributed by atoms with Gasteiger partial charge in [0.05, 0.1) is 23.2 Å². The predicted molar refractivity (Wildman–Crippen MR) is 152 cm³/mol. The minimum atomic E-state index is -4.97. The largest absolute Gasteiger partial charge is 0.416 e. The zero-order valence-electron chi connectivity index (χ0n) is 24.3. The summed E-state index contributed by atoms with van der Waals surface area (Å²) in [6, 6.07) is 17.8. The van der Waals surface area contributed by atoms with Crippen molar-refractivity contribution in [2.24, 2.45) is 11.8 Å². The van der Waals surface area contributed by atoms with E-state index in [1.54, 1.807) is 4.90 Å². The van der Waals surface area contributed by atoms with E-state index in [-0.39, 0.29) is 29.5 Å². The zero-order valence-corrected chi connectivity index (χ0v) is 24.3. The Morgan fingerprint density at radius 1 is 0.884 bits per heavy atom. The van der Waals surface area contributed by atoms with Crippen LogP contribution in [0.3, 0.4) is 0 Å². The van der Waals surface area contributed by atoms with Crippen LogP contribution < -0.4 is 0 Å². The lowest BCUT2D eigenvalue weighted by Crippen LogP contribution is -2.57. The summed E-state index contributed by atoms with van der Waals surface area (Å²) < 4.78 is 81.4. The van der Waals surface area contributed by atoms with Gasteiger partial charge in [-0.25, -0.2) is 4.79 Å². The number of rotatable bonds is 5. The molecule has 0 spiro atoms. The fourth-order valence-electron chi connectivity index (χ4n) is 6.68. The molecule has 4 unspecified atom stereocenters. The molecule has 230 valence electrons. The van der Waals surface area contributed by atoms with Gasteiger partial charge in [0.25, 0.3) is 0 Å². The van der Waals surface area contributed by atoms with Crippen molar-refractivity contribution in [3.05, 3.63) is 106 Å². The molecule has 2 bridgehead atoms. The Morgan fingerprint density at radius 3 is 2.09 bits per heavy atom. The van der Waals surface area contributed by atoms with Crippen LogP contribution in [0.1, 0.15) is 58.8 Å². The van der Waals surface area contributed by atoms with Crippen LogP contribution in [0.5, 0.6) is 0 Å². The van der Waals surface area contributed by atoms with E-state index in [9.17, 15) is 31.1 Å². The molecule has 10 heteroatoms. The molecule has 2 aliphatic heterocycles. The molecule has 3 aromatic rings. The number of piperidine rings is 2. The van der Waals surface area contributed by atoms with Crippen LogP contribution >= 0.6 is 0 Å². The fraction of sp³-hybridized carbons (Fsp3) is 0.424. The molecule has 2 heterocycles. The summed E-state index contributed by atoms with van der Waals surface area (Å²) >= 11 is 0. The molecular weight excluding hydrogens is 568 g/mol. The van der Waals surface area contributed by atoms with Crippen molar-refractivity contribution in [3.8, 4) is 0 Å². The highest BCUT2D eigenvalue weighted by molar-refractivity contribution is 5.76. The maximum atomic E-state index is 14.2. The molecule has 2 saturated heterocycles. The Hall–Kier alpha value is -3.53. The molecule has 4 nitrogen and oxygen atoms in total. The molecule has 2 fully saturated rings. The maximum absolute atomic E-state index is 14.2. The monoisotopic (exact) mass is 603 g/mol. The maximum Gasteiger partial charge on any atom is 0.416 e. The molecule has 0 aliphatic carbocycles. The lowest BCUT2D eigenvalue weighted by Gasteiger charge is -2.52. The van der Waals surface area contributed by atoms with Gasteiger partial charge in [-0.2, -0.15) is 26.3 Å². The number of halogens is 6. The zero-order chi connectivity index (χ0) is 31.1. The molecule has 0 radical (unpaired) electrons. The first-order valence-electron chi connectivity index (χ1n) is 14.4.